The molecule has 1 heterocycles. The maximum atomic E-state index is 13.3. The molecular formula is C19H17ClF3N3OS. The van der Waals surface area contributed by atoms with Crippen molar-refractivity contribution in [3.63, 3.8) is 0 Å². The minimum Gasteiger partial charge on any atom is -0.353 e. The van der Waals surface area contributed by atoms with Crippen molar-refractivity contribution >= 4 is 40.1 Å². The number of nitrogens with one attached hydrogen (secondary N) is 2. The highest BCUT2D eigenvalue weighted by atomic mass is 35.5. The van der Waals surface area contributed by atoms with Crippen molar-refractivity contribution in [2.75, 3.05) is 11.1 Å². The van der Waals surface area contributed by atoms with Crippen molar-refractivity contribution in [3.8, 4) is 0 Å². The van der Waals surface area contributed by atoms with Gasteiger partial charge < -0.3 is 10.6 Å². The first-order valence-corrected chi connectivity index (χ1v) is 9.82. The number of benzene rings is 2. The number of halogens is 4. The van der Waals surface area contributed by atoms with E-state index in [2.05, 4.69) is 15.6 Å². The third-order valence-electron chi connectivity index (χ3n) is 4.08. The van der Waals surface area contributed by atoms with Crippen LogP contribution in [0.2, 0.25) is 5.02 Å². The Balaban J connectivity index is 1.67. The van der Waals surface area contributed by atoms with Gasteiger partial charge in [0, 0.05) is 17.1 Å². The topological polar surface area (TPSA) is 53.5 Å². The predicted octanol–water partition coefficient (Wildman–Crippen LogP) is 5.03. The average molecular weight is 428 g/mol. The maximum Gasteiger partial charge on any atom is 0.408 e. The molecule has 0 aromatic heterocycles. The quantitative estimate of drug-likeness (QED) is 0.719. The fourth-order valence-electron chi connectivity index (χ4n) is 2.71. The summed E-state index contributed by atoms with van der Waals surface area (Å²) in [5, 5.41) is 5.73. The summed E-state index contributed by atoms with van der Waals surface area (Å²) in [6, 6.07) is 13.1. The van der Waals surface area contributed by atoms with Crippen LogP contribution in [0.1, 0.15) is 18.0 Å². The van der Waals surface area contributed by atoms with Crippen LogP contribution in [-0.2, 0) is 4.79 Å². The second-order valence-electron chi connectivity index (χ2n) is 6.18. The van der Waals surface area contributed by atoms with Crippen LogP contribution < -0.4 is 10.6 Å². The zero-order valence-corrected chi connectivity index (χ0v) is 16.1. The summed E-state index contributed by atoms with van der Waals surface area (Å²) in [6.07, 6.45) is -4.59. The van der Waals surface area contributed by atoms with Crippen molar-refractivity contribution in [2.45, 2.75) is 24.7 Å². The smallest absolute Gasteiger partial charge is 0.353 e. The number of anilines is 1. The number of amides is 1. The molecule has 1 amide bonds. The lowest BCUT2D eigenvalue weighted by molar-refractivity contribution is -0.155. The van der Waals surface area contributed by atoms with Gasteiger partial charge in [-0.25, -0.2) is 0 Å². The van der Waals surface area contributed by atoms with Gasteiger partial charge in [-0.3, -0.25) is 9.79 Å². The number of amidine groups is 1. The molecule has 4 nitrogen and oxygen atoms in total. The molecule has 0 saturated carbocycles. The molecule has 2 N–H and O–H groups in total. The molecular weight excluding hydrogens is 411 g/mol. The van der Waals surface area contributed by atoms with E-state index in [0.717, 1.165) is 11.8 Å². The lowest BCUT2D eigenvalue weighted by atomic mass is 9.98. The van der Waals surface area contributed by atoms with Gasteiger partial charge in [-0.1, -0.05) is 53.7 Å². The highest BCUT2D eigenvalue weighted by molar-refractivity contribution is 8.14. The average Bonchev–Trinajstić information content (AvgIpc) is 2.68. The lowest BCUT2D eigenvalue weighted by Crippen LogP contribution is -2.48. The second kappa shape index (κ2) is 8.87. The first-order chi connectivity index (χ1) is 13.3. The Hall–Kier alpha value is -2.19. The third-order valence-corrected chi connectivity index (χ3v) is 5.23. The van der Waals surface area contributed by atoms with Crippen LogP contribution in [0.25, 0.3) is 0 Å². The fraction of sp³-hybridized carbons (Fsp3) is 0.263. The molecule has 1 aliphatic rings. The van der Waals surface area contributed by atoms with Crippen LogP contribution in [-0.4, -0.2) is 29.0 Å². The Morgan fingerprint density at radius 2 is 1.86 bits per heavy atom. The zero-order valence-electron chi connectivity index (χ0n) is 14.5. The van der Waals surface area contributed by atoms with Gasteiger partial charge >= 0.3 is 6.18 Å². The largest absolute Gasteiger partial charge is 0.408 e. The Bertz CT molecular complexity index is 844. The number of hydrogen-bond donors (Lipinski definition) is 2. The first kappa shape index (κ1) is 20.5. The Kier molecular flexibility index (Phi) is 6.51. The molecule has 0 bridgehead atoms. The highest BCUT2D eigenvalue weighted by Gasteiger charge is 2.43. The van der Waals surface area contributed by atoms with Crippen molar-refractivity contribution in [1.29, 1.82) is 0 Å². The summed E-state index contributed by atoms with van der Waals surface area (Å²) in [6.45, 7) is 0. The van der Waals surface area contributed by atoms with E-state index in [-0.39, 0.29) is 23.2 Å². The van der Waals surface area contributed by atoms with Crippen LogP contribution in [0.5, 0.6) is 0 Å². The number of aliphatic imine (C=N–C) groups is 1. The number of nitrogens with zero attached hydrogens (tertiary/aromatic N) is 1. The van der Waals surface area contributed by atoms with E-state index < -0.39 is 18.3 Å². The molecule has 2 atom stereocenters. The molecule has 0 fully saturated rings. The van der Waals surface area contributed by atoms with Crippen LogP contribution in [0.3, 0.4) is 0 Å². The van der Waals surface area contributed by atoms with E-state index in [1.54, 1.807) is 54.6 Å². The van der Waals surface area contributed by atoms with Crippen LogP contribution in [0, 0.1) is 0 Å². The van der Waals surface area contributed by atoms with Gasteiger partial charge in [0.1, 0.15) is 6.04 Å². The first-order valence-electron chi connectivity index (χ1n) is 8.45. The van der Waals surface area contributed by atoms with Crippen molar-refractivity contribution in [3.05, 3.63) is 65.2 Å². The number of carbonyl (C=O) groups excluding carboxylic acids is 1. The zero-order chi connectivity index (χ0) is 20.1. The van der Waals surface area contributed by atoms with Crippen molar-refractivity contribution in [2.24, 2.45) is 4.99 Å². The molecule has 9 heteroatoms. The van der Waals surface area contributed by atoms with E-state index in [4.69, 9.17) is 11.6 Å². The normalized spacial score (nSPS) is 19.5. The summed E-state index contributed by atoms with van der Waals surface area (Å²) in [7, 11) is 0. The van der Waals surface area contributed by atoms with E-state index in [9.17, 15) is 18.0 Å². The molecule has 0 aliphatic carbocycles. The van der Waals surface area contributed by atoms with Crippen LogP contribution in [0.4, 0.5) is 18.9 Å². The van der Waals surface area contributed by atoms with E-state index in [1.165, 1.54) is 0 Å². The van der Waals surface area contributed by atoms with E-state index in [0.29, 0.717) is 16.3 Å². The SMILES string of the molecule is O=C(CSC1=NC(c2ccccc2)CC(C(F)(F)F)N1)Nc1ccc(Cl)cc1. The van der Waals surface area contributed by atoms with Gasteiger partial charge in [0.25, 0.3) is 0 Å². The third kappa shape index (κ3) is 5.65. The van der Waals surface area contributed by atoms with Gasteiger partial charge in [-0.2, -0.15) is 13.2 Å². The van der Waals surface area contributed by atoms with Crippen molar-refractivity contribution < 1.29 is 18.0 Å². The molecule has 0 saturated heterocycles. The Labute approximate surface area is 169 Å². The monoisotopic (exact) mass is 427 g/mol. The molecule has 0 radical (unpaired) electrons. The summed E-state index contributed by atoms with van der Waals surface area (Å²) < 4.78 is 39.9. The van der Waals surface area contributed by atoms with Gasteiger partial charge in [-0.15, -0.1) is 0 Å². The molecule has 0 spiro atoms. The van der Waals surface area contributed by atoms with Crippen molar-refractivity contribution in [1.82, 2.24) is 5.32 Å². The highest BCUT2D eigenvalue weighted by Crippen LogP contribution is 2.34. The second-order valence-corrected chi connectivity index (χ2v) is 7.58. The number of thioether (sulfide) groups is 1. The van der Waals surface area contributed by atoms with E-state index in [1.807, 2.05) is 0 Å². The molecule has 2 aromatic carbocycles. The molecule has 28 heavy (non-hydrogen) atoms. The van der Waals surface area contributed by atoms with Gasteiger partial charge in [0.15, 0.2) is 5.17 Å². The number of carbonyl (C=O) groups is 1. The van der Waals surface area contributed by atoms with Crippen LogP contribution in [0.15, 0.2) is 59.6 Å². The minimum absolute atomic E-state index is 0.0689. The molecule has 148 valence electrons. The fourth-order valence-corrected chi connectivity index (χ4v) is 3.60. The lowest BCUT2D eigenvalue weighted by Gasteiger charge is -2.31. The molecule has 1 aliphatic heterocycles. The number of alkyl halides is 3. The van der Waals surface area contributed by atoms with Crippen LogP contribution >= 0.6 is 23.4 Å². The van der Waals surface area contributed by atoms with Gasteiger partial charge in [-0.05, 0) is 29.8 Å². The Morgan fingerprint density at radius 3 is 2.50 bits per heavy atom. The predicted molar refractivity (Wildman–Crippen MR) is 107 cm³/mol. The number of rotatable bonds is 4. The maximum absolute atomic E-state index is 13.3. The molecule has 2 unspecified atom stereocenters. The summed E-state index contributed by atoms with van der Waals surface area (Å²) >= 11 is 6.74. The molecule has 2 aromatic rings. The summed E-state index contributed by atoms with van der Waals surface area (Å²) in [5.41, 5.74) is 1.27. The van der Waals surface area contributed by atoms with E-state index >= 15 is 0 Å². The summed E-state index contributed by atoms with van der Waals surface area (Å²) in [5.74, 6) is -0.414. The van der Waals surface area contributed by atoms with Gasteiger partial charge in [0.05, 0.1) is 11.8 Å². The summed E-state index contributed by atoms with van der Waals surface area (Å²) in [4.78, 5) is 16.5. The molecule has 3 rings (SSSR count). The van der Waals surface area contributed by atoms with Gasteiger partial charge in [0.2, 0.25) is 5.91 Å². The minimum atomic E-state index is -4.40. The standard InChI is InChI=1S/C19H17ClF3N3OS/c20-13-6-8-14(9-7-13)24-17(27)11-28-18-25-15(12-4-2-1-3-5-12)10-16(26-18)19(21,22)23/h1-9,15-16H,10-11H2,(H,24,27)(H,25,26). The Morgan fingerprint density at radius 1 is 1.18 bits per heavy atom. The number of hydrogen-bond acceptors (Lipinski definition) is 4.